The molecule has 0 radical (unpaired) electrons. The maximum atomic E-state index is 12.0. The fourth-order valence-electron chi connectivity index (χ4n) is 1.71. The molecule has 24 heavy (non-hydrogen) atoms. The van der Waals surface area contributed by atoms with E-state index >= 15 is 0 Å². The molecule has 7 nitrogen and oxygen atoms in total. The van der Waals surface area contributed by atoms with Crippen molar-refractivity contribution >= 4 is 45.5 Å². The molecule has 0 aliphatic carbocycles. The molecular formula is C14H13N5O2S3. The molecule has 0 aliphatic rings. The third-order valence-corrected chi connectivity index (χ3v) is 5.59. The van der Waals surface area contributed by atoms with Crippen molar-refractivity contribution in [1.82, 2.24) is 20.3 Å². The van der Waals surface area contributed by atoms with Crippen LogP contribution in [-0.2, 0) is 11.2 Å². The van der Waals surface area contributed by atoms with Crippen LogP contribution in [0.4, 0.5) is 5.13 Å². The highest BCUT2D eigenvalue weighted by Crippen LogP contribution is 2.25. The monoisotopic (exact) mass is 379 g/mol. The van der Waals surface area contributed by atoms with Gasteiger partial charge < -0.3 is 9.84 Å². The van der Waals surface area contributed by atoms with E-state index in [1.165, 1.54) is 34.4 Å². The van der Waals surface area contributed by atoms with Crippen molar-refractivity contribution in [3.05, 3.63) is 36.1 Å². The van der Waals surface area contributed by atoms with Crippen molar-refractivity contribution in [2.24, 2.45) is 0 Å². The summed E-state index contributed by atoms with van der Waals surface area (Å²) in [6.07, 6.45) is 2.40. The van der Waals surface area contributed by atoms with Gasteiger partial charge in [0.15, 0.2) is 4.34 Å². The predicted molar refractivity (Wildman–Crippen MR) is 95.4 cm³/mol. The van der Waals surface area contributed by atoms with Crippen molar-refractivity contribution < 1.29 is 9.32 Å². The first kappa shape index (κ1) is 16.8. The van der Waals surface area contributed by atoms with Crippen molar-refractivity contribution in [3.8, 4) is 10.7 Å². The highest BCUT2D eigenvalue weighted by atomic mass is 32.2. The summed E-state index contributed by atoms with van der Waals surface area (Å²) >= 11 is 4.40. The van der Waals surface area contributed by atoms with E-state index in [0.717, 1.165) is 15.0 Å². The molecular weight excluding hydrogens is 366 g/mol. The van der Waals surface area contributed by atoms with E-state index in [2.05, 4.69) is 32.2 Å². The predicted octanol–water partition coefficient (Wildman–Crippen LogP) is 3.50. The molecule has 0 bridgehead atoms. The molecule has 3 heterocycles. The molecule has 1 N–H and O–H groups in total. The first-order valence-corrected chi connectivity index (χ1v) is 9.66. The van der Waals surface area contributed by atoms with Gasteiger partial charge in [0, 0.05) is 18.6 Å². The zero-order chi connectivity index (χ0) is 16.8. The standard InChI is InChI=1S/C14H13N5O2S3/c1-2-7-23-14-18-17-13(24-14)15-10(20)5-6-11-16-12(19-21-11)9-4-3-8-22-9/h2-4,8H,1,5-7H2,(H,15,17,20). The molecule has 0 unspecified atom stereocenters. The van der Waals surface area contributed by atoms with E-state index < -0.39 is 0 Å². The number of aromatic nitrogens is 4. The van der Waals surface area contributed by atoms with Gasteiger partial charge in [0.2, 0.25) is 22.8 Å². The van der Waals surface area contributed by atoms with Gasteiger partial charge in [-0.1, -0.05) is 40.4 Å². The topological polar surface area (TPSA) is 93.8 Å². The fourth-order valence-corrected chi connectivity index (χ4v) is 3.89. The van der Waals surface area contributed by atoms with Crippen LogP contribution in [0.3, 0.4) is 0 Å². The molecule has 3 aromatic rings. The van der Waals surface area contributed by atoms with Gasteiger partial charge in [-0.25, -0.2) is 0 Å². The second kappa shape index (κ2) is 8.18. The Morgan fingerprint density at radius 2 is 2.38 bits per heavy atom. The van der Waals surface area contributed by atoms with Crippen molar-refractivity contribution in [3.63, 3.8) is 0 Å². The molecule has 0 saturated heterocycles. The Hall–Kier alpha value is -2.04. The number of carbonyl (C=O) groups is 1. The number of anilines is 1. The molecule has 1 amide bonds. The van der Waals surface area contributed by atoms with Crippen molar-refractivity contribution in [2.75, 3.05) is 11.1 Å². The third-order valence-electron chi connectivity index (χ3n) is 2.75. The van der Waals surface area contributed by atoms with Crippen LogP contribution in [0, 0.1) is 0 Å². The summed E-state index contributed by atoms with van der Waals surface area (Å²) in [5.74, 6) is 1.58. The summed E-state index contributed by atoms with van der Waals surface area (Å²) in [6, 6.07) is 3.84. The van der Waals surface area contributed by atoms with Gasteiger partial charge in [-0.15, -0.1) is 28.1 Å². The lowest BCUT2D eigenvalue weighted by molar-refractivity contribution is -0.116. The Bertz CT molecular complexity index is 812. The van der Waals surface area contributed by atoms with Gasteiger partial charge in [-0.2, -0.15) is 4.98 Å². The molecule has 124 valence electrons. The Labute approximate surface area is 150 Å². The number of nitrogens with one attached hydrogen (secondary N) is 1. The maximum absolute atomic E-state index is 12.0. The summed E-state index contributed by atoms with van der Waals surface area (Å²) in [7, 11) is 0. The quantitative estimate of drug-likeness (QED) is 0.364. The normalized spacial score (nSPS) is 10.7. The van der Waals surface area contributed by atoms with E-state index in [4.69, 9.17) is 4.52 Å². The molecule has 0 aromatic carbocycles. The molecule has 0 spiro atoms. The number of hydrogen-bond acceptors (Lipinski definition) is 9. The lowest BCUT2D eigenvalue weighted by Gasteiger charge is -1.97. The molecule has 3 rings (SSSR count). The Morgan fingerprint density at radius 3 is 3.17 bits per heavy atom. The number of hydrogen-bond donors (Lipinski definition) is 1. The molecule has 0 atom stereocenters. The zero-order valence-electron chi connectivity index (χ0n) is 12.5. The van der Waals surface area contributed by atoms with Gasteiger partial charge in [-0.3, -0.25) is 4.79 Å². The van der Waals surface area contributed by atoms with Crippen molar-refractivity contribution in [2.45, 2.75) is 17.2 Å². The molecule has 0 saturated carbocycles. The fraction of sp³-hybridized carbons (Fsp3) is 0.214. The minimum Gasteiger partial charge on any atom is -0.339 e. The number of thioether (sulfide) groups is 1. The van der Waals surface area contributed by atoms with Crippen LogP contribution in [0.25, 0.3) is 10.7 Å². The molecule has 3 aromatic heterocycles. The summed E-state index contributed by atoms with van der Waals surface area (Å²) in [6.45, 7) is 3.65. The number of rotatable bonds is 8. The highest BCUT2D eigenvalue weighted by molar-refractivity contribution is 8.01. The first-order chi connectivity index (χ1) is 11.7. The average Bonchev–Trinajstić information content (AvgIpc) is 3.31. The van der Waals surface area contributed by atoms with Crippen LogP contribution in [0.2, 0.25) is 0 Å². The van der Waals surface area contributed by atoms with Gasteiger partial charge in [-0.05, 0) is 11.4 Å². The maximum Gasteiger partial charge on any atom is 0.227 e. The van der Waals surface area contributed by atoms with E-state index in [-0.39, 0.29) is 12.3 Å². The molecule has 0 fully saturated rings. The van der Waals surface area contributed by atoms with Gasteiger partial charge in [0.1, 0.15) is 0 Å². The van der Waals surface area contributed by atoms with Crippen LogP contribution in [0.15, 0.2) is 39.0 Å². The minimum atomic E-state index is -0.165. The Morgan fingerprint density at radius 1 is 1.46 bits per heavy atom. The van der Waals surface area contributed by atoms with E-state index in [9.17, 15) is 4.79 Å². The van der Waals surface area contributed by atoms with Gasteiger partial charge >= 0.3 is 0 Å². The minimum absolute atomic E-state index is 0.165. The van der Waals surface area contributed by atoms with E-state index in [1.807, 2.05) is 17.5 Å². The number of aryl methyl sites for hydroxylation is 1. The van der Waals surface area contributed by atoms with E-state index in [0.29, 0.717) is 23.3 Å². The lowest BCUT2D eigenvalue weighted by atomic mass is 10.3. The second-order valence-corrected chi connectivity index (χ2v) is 7.70. The summed E-state index contributed by atoms with van der Waals surface area (Å²) in [5.41, 5.74) is 0. The number of amides is 1. The largest absolute Gasteiger partial charge is 0.339 e. The van der Waals surface area contributed by atoms with Crippen molar-refractivity contribution in [1.29, 1.82) is 0 Å². The number of nitrogens with zero attached hydrogens (tertiary/aromatic N) is 4. The highest BCUT2D eigenvalue weighted by Gasteiger charge is 2.13. The van der Waals surface area contributed by atoms with Gasteiger partial charge in [0.05, 0.1) is 4.88 Å². The third kappa shape index (κ3) is 4.49. The average molecular weight is 379 g/mol. The zero-order valence-corrected chi connectivity index (χ0v) is 14.9. The van der Waals surface area contributed by atoms with Crippen LogP contribution in [0.1, 0.15) is 12.3 Å². The van der Waals surface area contributed by atoms with Crippen LogP contribution in [-0.4, -0.2) is 32.0 Å². The smallest absolute Gasteiger partial charge is 0.227 e. The number of thiophene rings is 1. The molecule has 0 aliphatic heterocycles. The SMILES string of the molecule is C=CCSc1nnc(NC(=O)CCc2nc(-c3cccs3)no2)s1. The van der Waals surface area contributed by atoms with Gasteiger partial charge in [0.25, 0.3) is 0 Å². The molecule has 10 heteroatoms. The Kier molecular flexibility index (Phi) is 5.72. The Balaban J connectivity index is 1.49. The van der Waals surface area contributed by atoms with Crippen LogP contribution >= 0.6 is 34.4 Å². The number of carbonyl (C=O) groups excluding carboxylic acids is 1. The van der Waals surface area contributed by atoms with E-state index in [1.54, 1.807) is 6.08 Å². The summed E-state index contributed by atoms with van der Waals surface area (Å²) < 4.78 is 5.96. The van der Waals surface area contributed by atoms with Crippen LogP contribution in [0.5, 0.6) is 0 Å². The lowest BCUT2D eigenvalue weighted by Crippen LogP contribution is -2.12. The first-order valence-electron chi connectivity index (χ1n) is 6.98. The van der Waals surface area contributed by atoms with Crippen LogP contribution < -0.4 is 5.32 Å². The summed E-state index contributed by atoms with van der Waals surface area (Å²) in [4.78, 5) is 17.2. The second-order valence-electron chi connectivity index (χ2n) is 4.51. The summed E-state index contributed by atoms with van der Waals surface area (Å²) in [5, 5.41) is 17.0.